The van der Waals surface area contributed by atoms with Crippen molar-refractivity contribution in [2.75, 3.05) is 20.8 Å². The number of carbonyl (C=O) groups is 2. The molecule has 5 heteroatoms. The Balaban J connectivity index is 2.45. The van der Waals surface area contributed by atoms with E-state index in [9.17, 15) is 9.59 Å². The van der Waals surface area contributed by atoms with E-state index in [1.54, 1.807) is 45.4 Å². The van der Waals surface area contributed by atoms with Gasteiger partial charge in [0, 0.05) is 6.08 Å². The smallest absolute Gasteiger partial charge is 0.379 e. The summed E-state index contributed by atoms with van der Waals surface area (Å²) in [6.07, 6.45) is 1.29. The Kier molecular flexibility index (Phi) is 6.34. The summed E-state index contributed by atoms with van der Waals surface area (Å²) >= 11 is 0. The largest absolute Gasteiger partial charge is 0.497 e. The van der Waals surface area contributed by atoms with Crippen molar-refractivity contribution in [3.63, 3.8) is 0 Å². The van der Waals surface area contributed by atoms with Crippen LogP contribution in [0.15, 0.2) is 54.6 Å². The number of methoxy groups -OCH3 is 2. The highest BCUT2D eigenvalue weighted by Crippen LogP contribution is 2.27. The van der Waals surface area contributed by atoms with Gasteiger partial charge in [0.15, 0.2) is 0 Å². The third-order valence-corrected chi connectivity index (χ3v) is 3.55. The molecule has 0 aliphatic rings. The van der Waals surface area contributed by atoms with Crippen LogP contribution >= 0.6 is 0 Å². The predicted molar refractivity (Wildman–Crippen MR) is 94.7 cm³/mol. The van der Waals surface area contributed by atoms with E-state index in [1.165, 1.54) is 6.08 Å². The van der Waals surface area contributed by atoms with Crippen molar-refractivity contribution < 1.29 is 23.8 Å². The molecule has 0 radical (unpaired) electrons. The molecular formula is C20H20O5. The molecule has 25 heavy (non-hydrogen) atoms. The van der Waals surface area contributed by atoms with Gasteiger partial charge in [0.1, 0.15) is 11.5 Å². The van der Waals surface area contributed by atoms with Gasteiger partial charge in [-0.2, -0.15) is 0 Å². The van der Waals surface area contributed by atoms with E-state index >= 15 is 0 Å². The van der Waals surface area contributed by atoms with E-state index in [1.807, 2.05) is 24.3 Å². The van der Waals surface area contributed by atoms with Crippen LogP contribution in [0, 0.1) is 0 Å². The highest BCUT2D eigenvalue weighted by molar-refractivity contribution is 6.39. The first-order valence-corrected chi connectivity index (χ1v) is 7.80. The summed E-state index contributed by atoms with van der Waals surface area (Å²) in [5.74, 6) is -0.172. The standard InChI is InChI=1S/C20H20O5/c1-4-25-20(22)19(21)13-18(14-5-9-16(23-2)10-6-14)15-7-11-17(24-3)12-8-15/h5-13H,4H2,1-3H3. The molecule has 0 unspecified atom stereocenters. The first-order valence-electron chi connectivity index (χ1n) is 7.80. The van der Waals surface area contributed by atoms with Gasteiger partial charge >= 0.3 is 5.97 Å². The molecule has 0 saturated carbocycles. The van der Waals surface area contributed by atoms with E-state index in [4.69, 9.17) is 14.2 Å². The molecule has 2 aromatic carbocycles. The third-order valence-electron chi connectivity index (χ3n) is 3.55. The number of ether oxygens (including phenoxy) is 3. The van der Waals surface area contributed by atoms with Gasteiger partial charge in [0.25, 0.3) is 5.78 Å². The van der Waals surface area contributed by atoms with Gasteiger partial charge in [-0.1, -0.05) is 24.3 Å². The van der Waals surface area contributed by atoms with Crippen LogP contribution in [-0.2, 0) is 14.3 Å². The topological polar surface area (TPSA) is 61.8 Å². The normalized spacial score (nSPS) is 9.88. The van der Waals surface area contributed by atoms with Crippen molar-refractivity contribution in [2.45, 2.75) is 6.92 Å². The number of carbonyl (C=O) groups excluding carboxylic acids is 2. The molecule has 0 saturated heterocycles. The quantitative estimate of drug-likeness (QED) is 0.440. The number of benzene rings is 2. The van der Waals surface area contributed by atoms with E-state index < -0.39 is 11.8 Å². The van der Waals surface area contributed by atoms with Gasteiger partial charge in [-0.15, -0.1) is 0 Å². The monoisotopic (exact) mass is 340 g/mol. The molecule has 0 bridgehead atoms. The van der Waals surface area contributed by atoms with Gasteiger partial charge in [-0.05, 0) is 47.9 Å². The van der Waals surface area contributed by atoms with Crippen molar-refractivity contribution in [2.24, 2.45) is 0 Å². The van der Waals surface area contributed by atoms with Crippen LogP contribution in [0.1, 0.15) is 18.1 Å². The predicted octanol–water partition coefficient (Wildman–Crippen LogP) is 3.27. The fraction of sp³-hybridized carbons (Fsp3) is 0.200. The molecule has 130 valence electrons. The van der Waals surface area contributed by atoms with Crippen LogP contribution < -0.4 is 9.47 Å². The fourth-order valence-electron chi connectivity index (χ4n) is 2.27. The fourth-order valence-corrected chi connectivity index (χ4v) is 2.27. The van der Waals surface area contributed by atoms with Crippen LogP contribution in [0.2, 0.25) is 0 Å². The molecule has 0 N–H and O–H groups in total. The van der Waals surface area contributed by atoms with Crippen LogP contribution in [0.25, 0.3) is 5.57 Å². The molecule has 2 rings (SSSR count). The molecule has 0 atom stereocenters. The third kappa shape index (κ3) is 4.70. The summed E-state index contributed by atoms with van der Waals surface area (Å²) in [5, 5.41) is 0. The van der Waals surface area contributed by atoms with Crippen molar-refractivity contribution in [3.05, 3.63) is 65.7 Å². The molecule has 0 fully saturated rings. The summed E-state index contributed by atoms with van der Waals surface area (Å²) < 4.78 is 15.1. The Bertz CT molecular complexity index is 708. The first kappa shape index (κ1) is 18.3. The maximum Gasteiger partial charge on any atom is 0.379 e. The second-order valence-electron chi connectivity index (χ2n) is 5.10. The highest BCUT2D eigenvalue weighted by Gasteiger charge is 2.15. The molecule has 0 amide bonds. The first-order chi connectivity index (χ1) is 12.1. The number of ketones is 1. The lowest BCUT2D eigenvalue weighted by Gasteiger charge is -2.10. The van der Waals surface area contributed by atoms with E-state index in [-0.39, 0.29) is 6.61 Å². The minimum Gasteiger partial charge on any atom is -0.497 e. The second-order valence-corrected chi connectivity index (χ2v) is 5.10. The van der Waals surface area contributed by atoms with Crippen LogP contribution in [0.4, 0.5) is 0 Å². The number of hydrogen-bond donors (Lipinski definition) is 0. The van der Waals surface area contributed by atoms with Crippen LogP contribution in [0.5, 0.6) is 11.5 Å². The Morgan fingerprint density at radius 2 is 1.28 bits per heavy atom. The maximum atomic E-state index is 12.1. The molecule has 0 spiro atoms. The van der Waals surface area contributed by atoms with Crippen molar-refractivity contribution in [3.8, 4) is 11.5 Å². The van der Waals surface area contributed by atoms with Gasteiger partial charge in [0.05, 0.1) is 20.8 Å². The van der Waals surface area contributed by atoms with Crippen molar-refractivity contribution in [1.29, 1.82) is 0 Å². The lowest BCUT2D eigenvalue weighted by Crippen LogP contribution is -2.15. The van der Waals surface area contributed by atoms with Crippen molar-refractivity contribution in [1.82, 2.24) is 0 Å². The summed E-state index contributed by atoms with van der Waals surface area (Å²) in [4.78, 5) is 23.8. The summed E-state index contributed by atoms with van der Waals surface area (Å²) in [7, 11) is 3.17. The zero-order chi connectivity index (χ0) is 18.2. The zero-order valence-electron chi connectivity index (χ0n) is 14.4. The Labute approximate surface area is 146 Å². The highest BCUT2D eigenvalue weighted by atomic mass is 16.5. The second kappa shape index (κ2) is 8.68. The van der Waals surface area contributed by atoms with E-state index in [0.29, 0.717) is 17.1 Å². The van der Waals surface area contributed by atoms with Gasteiger partial charge in [-0.3, -0.25) is 4.79 Å². The average molecular weight is 340 g/mol. The lowest BCUT2D eigenvalue weighted by atomic mass is 9.96. The maximum absolute atomic E-state index is 12.1. The van der Waals surface area contributed by atoms with E-state index in [2.05, 4.69) is 0 Å². The van der Waals surface area contributed by atoms with Gasteiger partial charge < -0.3 is 14.2 Å². The molecule has 5 nitrogen and oxygen atoms in total. The van der Waals surface area contributed by atoms with Crippen LogP contribution in [0.3, 0.4) is 0 Å². The average Bonchev–Trinajstić information content (AvgIpc) is 2.66. The number of rotatable bonds is 7. The van der Waals surface area contributed by atoms with Gasteiger partial charge in [-0.25, -0.2) is 4.79 Å². The molecule has 2 aromatic rings. The summed E-state index contributed by atoms with van der Waals surface area (Å²) in [6.45, 7) is 1.81. The molecule has 0 heterocycles. The lowest BCUT2D eigenvalue weighted by molar-refractivity contribution is -0.151. The zero-order valence-corrected chi connectivity index (χ0v) is 14.4. The van der Waals surface area contributed by atoms with Gasteiger partial charge in [0.2, 0.25) is 0 Å². The minimum atomic E-state index is -0.873. The van der Waals surface area contributed by atoms with E-state index in [0.717, 1.165) is 11.1 Å². The summed E-state index contributed by atoms with van der Waals surface area (Å²) in [5.41, 5.74) is 2.18. The number of hydrogen-bond acceptors (Lipinski definition) is 5. The number of esters is 1. The molecule has 0 aliphatic carbocycles. The Morgan fingerprint density at radius 3 is 1.64 bits per heavy atom. The van der Waals surface area contributed by atoms with Crippen molar-refractivity contribution >= 4 is 17.3 Å². The SMILES string of the molecule is CCOC(=O)C(=O)C=C(c1ccc(OC)cc1)c1ccc(OC)cc1. The summed E-state index contributed by atoms with van der Waals surface area (Å²) in [6, 6.07) is 14.5. The molecule has 0 aliphatic heterocycles. The molecular weight excluding hydrogens is 320 g/mol. The Morgan fingerprint density at radius 1 is 0.840 bits per heavy atom. The Hall–Kier alpha value is -3.08. The van der Waals surface area contributed by atoms with Crippen LogP contribution in [-0.4, -0.2) is 32.6 Å². The minimum absolute atomic E-state index is 0.152. The molecule has 0 aromatic heterocycles.